The molecule has 0 saturated heterocycles. The van der Waals surface area contributed by atoms with E-state index in [4.69, 9.17) is 5.11 Å². The number of benzene rings is 1. The van der Waals surface area contributed by atoms with Crippen molar-refractivity contribution in [2.75, 3.05) is 0 Å². The minimum atomic E-state index is -4.97. The van der Waals surface area contributed by atoms with E-state index >= 15 is 0 Å². The lowest BCUT2D eigenvalue weighted by molar-refractivity contribution is -0.274. The first-order valence-corrected chi connectivity index (χ1v) is 6.15. The van der Waals surface area contributed by atoms with Gasteiger partial charge in [0.25, 0.3) is 0 Å². The largest absolute Gasteiger partial charge is 0.573 e. The van der Waals surface area contributed by atoms with Crippen LogP contribution in [0.5, 0.6) is 5.75 Å². The molecule has 1 N–H and O–H groups in total. The monoisotopic (exact) mass is 351 g/mol. The number of hydrogen-bond acceptors (Lipinski definition) is 3. The summed E-state index contributed by atoms with van der Waals surface area (Å²) in [7, 11) is 0. The van der Waals surface area contributed by atoms with Gasteiger partial charge in [-0.05, 0) is 29.8 Å². The first-order valence-electron chi connectivity index (χ1n) is 6.15. The van der Waals surface area contributed by atoms with E-state index in [1.807, 2.05) is 0 Å². The number of halogens is 6. The van der Waals surface area contributed by atoms with Crippen molar-refractivity contribution < 1.29 is 41.0 Å². The first kappa shape index (κ1) is 17.6. The zero-order valence-electron chi connectivity index (χ0n) is 11.4. The van der Waals surface area contributed by atoms with Gasteiger partial charge in [0, 0.05) is 5.56 Å². The van der Waals surface area contributed by atoms with Crippen molar-refractivity contribution in [2.24, 2.45) is 0 Å². The molecule has 128 valence electrons. The molecule has 0 radical (unpaired) electrons. The molecule has 0 spiro atoms. The molecule has 0 bridgehead atoms. The van der Waals surface area contributed by atoms with Crippen molar-refractivity contribution in [3.8, 4) is 16.9 Å². The van der Waals surface area contributed by atoms with Gasteiger partial charge in [0.1, 0.15) is 11.4 Å². The maximum Gasteiger partial charge on any atom is 0.573 e. The van der Waals surface area contributed by atoms with Crippen molar-refractivity contribution in [3.63, 3.8) is 0 Å². The highest BCUT2D eigenvalue weighted by molar-refractivity contribution is 5.94. The van der Waals surface area contributed by atoms with Gasteiger partial charge >= 0.3 is 18.5 Å². The van der Waals surface area contributed by atoms with E-state index in [1.165, 1.54) is 6.07 Å². The predicted molar refractivity (Wildman–Crippen MR) is 68.3 cm³/mol. The molecule has 0 amide bonds. The molecule has 0 aliphatic heterocycles. The number of carboxylic acids is 1. The Morgan fingerprint density at radius 3 is 2.25 bits per heavy atom. The summed E-state index contributed by atoms with van der Waals surface area (Å²) in [5.74, 6) is -2.39. The molecular formula is C14H7F6NO3. The Balaban J connectivity index is 2.52. The van der Waals surface area contributed by atoms with Crippen molar-refractivity contribution in [1.29, 1.82) is 0 Å². The number of ether oxygens (including phenoxy) is 1. The number of aromatic nitrogens is 1. The Hall–Kier alpha value is -2.78. The standard InChI is InChI=1S/C14H7F6NO3/c15-13(16,17)10-5-4-9(11(21-10)12(22)23)7-2-1-3-8(6-7)24-14(18,19)20/h1-6H,(H,22,23). The molecule has 0 saturated carbocycles. The summed E-state index contributed by atoms with van der Waals surface area (Å²) in [5, 5.41) is 9.03. The second-order valence-corrected chi connectivity index (χ2v) is 4.47. The molecule has 24 heavy (non-hydrogen) atoms. The van der Waals surface area contributed by atoms with Crippen LogP contribution in [0.1, 0.15) is 16.2 Å². The van der Waals surface area contributed by atoms with Crippen molar-refractivity contribution in [3.05, 3.63) is 47.8 Å². The number of nitrogens with zero attached hydrogens (tertiary/aromatic N) is 1. The van der Waals surface area contributed by atoms with Crippen molar-refractivity contribution in [1.82, 2.24) is 4.98 Å². The zero-order chi connectivity index (χ0) is 18.1. The first-order chi connectivity index (χ1) is 11.0. The Labute approximate surface area is 130 Å². The SMILES string of the molecule is O=C(O)c1nc(C(F)(F)F)ccc1-c1cccc(OC(F)(F)F)c1. The van der Waals surface area contributed by atoms with Gasteiger partial charge < -0.3 is 9.84 Å². The Morgan fingerprint density at radius 2 is 1.71 bits per heavy atom. The van der Waals surface area contributed by atoms with Crippen molar-refractivity contribution >= 4 is 5.97 Å². The van der Waals surface area contributed by atoms with Gasteiger partial charge in [-0.25, -0.2) is 9.78 Å². The van der Waals surface area contributed by atoms with E-state index in [-0.39, 0.29) is 11.1 Å². The van der Waals surface area contributed by atoms with Crippen LogP contribution in [0.4, 0.5) is 26.3 Å². The van der Waals surface area contributed by atoms with E-state index in [9.17, 15) is 31.1 Å². The lowest BCUT2D eigenvalue weighted by Gasteiger charge is -2.12. The minimum absolute atomic E-state index is 0.0876. The molecule has 10 heteroatoms. The Bertz CT molecular complexity index is 770. The molecule has 0 aliphatic carbocycles. The lowest BCUT2D eigenvalue weighted by Crippen LogP contribution is -2.17. The van der Waals surface area contributed by atoms with E-state index in [0.29, 0.717) is 6.07 Å². The highest BCUT2D eigenvalue weighted by Gasteiger charge is 2.34. The number of carboxylic acid groups (broad SMARTS) is 1. The van der Waals surface area contributed by atoms with Gasteiger partial charge in [-0.15, -0.1) is 13.2 Å². The van der Waals surface area contributed by atoms with Crippen LogP contribution in [0.2, 0.25) is 0 Å². The molecule has 2 aromatic rings. The van der Waals surface area contributed by atoms with Crippen LogP contribution in [0.25, 0.3) is 11.1 Å². The van der Waals surface area contributed by atoms with Crippen LogP contribution in [0, 0.1) is 0 Å². The summed E-state index contributed by atoms with van der Waals surface area (Å²) in [6, 6.07) is 5.55. The van der Waals surface area contributed by atoms with Crippen LogP contribution < -0.4 is 4.74 Å². The number of carbonyl (C=O) groups is 1. The third kappa shape index (κ3) is 4.15. The highest BCUT2D eigenvalue weighted by atomic mass is 19.4. The maximum atomic E-state index is 12.6. The van der Waals surface area contributed by atoms with Crippen LogP contribution in [0.15, 0.2) is 36.4 Å². The number of alkyl halides is 6. The minimum Gasteiger partial charge on any atom is -0.476 e. The summed E-state index contributed by atoms with van der Waals surface area (Å²) < 4.78 is 78.2. The van der Waals surface area contributed by atoms with E-state index in [1.54, 1.807) is 0 Å². The van der Waals surface area contributed by atoms with Gasteiger partial charge in [-0.2, -0.15) is 13.2 Å². The van der Waals surface area contributed by atoms with Crippen LogP contribution in [0.3, 0.4) is 0 Å². The van der Waals surface area contributed by atoms with Crippen LogP contribution in [-0.2, 0) is 6.18 Å². The zero-order valence-corrected chi connectivity index (χ0v) is 11.4. The molecule has 1 heterocycles. The number of hydrogen-bond donors (Lipinski definition) is 1. The molecule has 0 fully saturated rings. The average molecular weight is 351 g/mol. The van der Waals surface area contributed by atoms with Crippen LogP contribution >= 0.6 is 0 Å². The highest BCUT2D eigenvalue weighted by Crippen LogP contribution is 2.33. The van der Waals surface area contributed by atoms with Crippen molar-refractivity contribution in [2.45, 2.75) is 12.5 Å². The molecule has 0 aliphatic rings. The molecule has 1 aromatic carbocycles. The Kier molecular flexibility index (Phi) is 4.41. The molecule has 4 nitrogen and oxygen atoms in total. The summed E-state index contributed by atoms with van der Waals surface area (Å²) in [6.45, 7) is 0. The smallest absolute Gasteiger partial charge is 0.476 e. The third-order valence-corrected chi connectivity index (χ3v) is 2.77. The van der Waals surface area contributed by atoms with Gasteiger partial charge in [0.2, 0.25) is 0 Å². The van der Waals surface area contributed by atoms with Gasteiger partial charge in [0.15, 0.2) is 5.69 Å². The van der Waals surface area contributed by atoms with E-state index < -0.39 is 35.6 Å². The Morgan fingerprint density at radius 1 is 1.04 bits per heavy atom. The normalized spacial score (nSPS) is 12.1. The van der Waals surface area contributed by atoms with E-state index in [2.05, 4.69) is 9.72 Å². The number of pyridine rings is 1. The molecular weight excluding hydrogens is 344 g/mol. The second-order valence-electron chi connectivity index (χ2n) is 4.47. The third-order valence-electron chi connectivity index (χ3n) is 2.77. The van der Waals surface area contributed by atoms with Crippen LogP contribution in [-0.4, -0.2) is 22.4 Å². The second kappa shape index (κ2) is 6.02. The summed E-state index contributed by atoms with van der Waals surface area (Å²) >= 11 is 0. The van der Waals surface area contributed by atoms with Gasteiger partial charge in [-0.1, -0.05) is 12.1 Å². The summed E-state index contributed by atoms with van der Waals surface area (Å²) in [6.07, 6.45) is -9.82. The molecule has 0 unspecified atom stereocenters. The molecule has 1 aromatic heterocycles. The van der Waals surface area contributed by atoms with E-state index in [0.717, 1.165) is 24.3 Å². The summed E-state index contributed by atoms with van der Waals surface area (Å²) in [5.41, 5.74) is -2.72. The number of aromatic carboxylic acids is 1. The fraction of sp³-hybridized carbons (Fsp3) is 0.143. The number of rotatable bonds is 3. The quantitative estimate of drug-likeness (QED) is 0.835. The summed E-state index contributed by atoms with van der Waals surface area (Å²) in [4.78, 5) is 14.2. The fourth-order valence-electron chi connectivity index (χ4n) is 1.87. The fourth-order valence-corrected chi connectivity index (χ4v) is 1.87. The average Bonchev–Trinajstić information content (AvgIpc) is 2.44. The topological polar surface area (TPSA) is 59.4 Å². The maximum absolute atomic E-state index is 12.6. The van der Waals surface area contributed by atoms with Gasteiger partial charge in [0.05, 0.1) is 0 Å². The van der Waals surface area contributed by atoms with Gasteiger partial charge in [-0.3, -0.25) is 0 Å². The lowest BCUT2D eigenvalue weighted by atomic mass is 10.0. The predicted octanol–water partition coefficient (Wildman–Crippen LogP) is 4.36. The molecule has 2 rings (SSSR count). The molecule has 0 atom stereocenters.